The van der Waals surface area contributed by atoms with Crippen molar-refractivity contribution in [3.8, 4) is 0 Å². The molecule has 1 saturated heterocycles. The summed E-state index contributed by atoms with van der Waals surface area (Å²) in [5.41, 5.74) is 2.65. The minimum Gasteiger partial charge on any atom is -0.352 e. The van der Waals surface area contributed by atoms with E-state index in [1.807, 2.05) is 44.2 Å². The summed E-state index contributed by atoms with van der Waals surface area (Å²) in [7, 11) is -3.54. The maximum atomic E-state index is 13.0. The number of benzene rings is 2. The first-order valence-corrected chi connectivity index (χ1v) is 11.2. The number of nitrogens with zero attached hydrogens (tertiary/aromatic N) is 1. The van der Waals surface area contributed by atoms with E-state index in [1.54, 1.807) is 12.1 Å². The number of aryl methyl sites for hydroxylation is 2. The molecule has 1 amide bonds. The summed E-state index contributed by atoms with van der Waals surface area (Å²) in [4.78, 5) is 12.8. The molecule has 0 atom stereocenters. The summed E-state index contributed by atoms with van der Waals surface area (Å²) >= 11 is 6.12. The molecule has 1 fully saturated rings. The summed E-state index contributed by atoms with van der Waals surface area (Å²) in [5, 5.41) is 3.54. The first kappa shape index (κ1) is 20.8. The molecule has 1 aliphatic heterocycles. The zero-order valence-electron chi connectivity index (χ0n) is 16.1. The Balaban J connectivity index is 1.59. The summed E-state index contributed by atoms with van der Waals surface area (Å²) < 4.78 is 27.4. The monoisotopic (exact) mass is 420 g/mol. The van der Waals surface area contributed by atoms with Crippen LogP contribution in [-0.4, -0.2) is 31.7 Å². The fourth-order valence-electron chi connectivity index (χ4n) is 3.55. The van der Waals surface area contributed by atoms with Gasteiger partial charge in [-0.15, -0.1) is 0 Å². The highest BCUT2D eigenvalue weighted by molar-refractivity contribution is 7.89. The van der Waals surface area contributed by atoms with Crippen LogP contribution in [0, 0.1) is 19.8 Å². The van der Waals surface area contributed by atoms with Crippen LogP contribution in [0.15, 0.2) is 47.4 Å². The van der Waals surface area contributed by atoms with Gasteiger partial charge in [-0.25, -0.2) is 8.42 Å². The van der Waals surface area contributed by atoms with Gasteiger partial charge in [-0.1, -0.05) is 47.5 Å². The normalized spacial score (nSPS) is 16.1. The number of halogens is 1. The van der Waals surface area contributed by atoms with Gasteiger partial charge in [-0.05, 0) is 49.9 Å². The predicted molar refractivity (Wildman–Crippen MR) is 111 cm³/mol. The maximum Gasteiger partial charge on any atom is 0.243 e. The molecule has 1 N–H and O–H groups in total. The quantitative estimate of drug-likeness (QED) is 0.802. The lowest BCUT2D eigenvalue weighted by atomic mass is 9.97. The molecule has 28 heavy (non-hydrogen) atoms. The Kier molecular flexibility index (Phi) is 6.43. The van der Waals surface area contributed by atoms with Gasteiger partial charge < -0.3 is 5.32 Å². The Morgan fingerprint density at radius 2 is 1.82 bits per heavy atom. The second kappa shape index (κ2) is 8.64. The van der Waals surface area contributed by atoms with Crippen LogP contribution in [0.3, 0.4) is 0 Å². The molecule has 0 bridgehead atoms. The zero-order valence-corrected chi connectivity index (χ0v) is 17.7. The molecular formula is C21H25ClN2O3S. The second-order valence-electron chi connectivity index (χ2n) is 7.26. The van der Waals surface area contributed by atoms with Crippen molar-refractivity contribution in [1.82, 2.24) is 9.62 Å². The lowest BCUT2D eigenvalue weighted by molar-refractivity contribution is -0.126. The van der Waals surface area contributed by atoms with Crippen molar-refractivity contribution in [3.63, 3.8) is 0 Å². The van der Waals surface area contributed by atoms with Crippen LogP contribution in [0.4, 0.5) is 0 Å². The third-order valence-electron chi connectivity index (χ3n) is 5.18. The van der Waals surface area contributed by atoms with E-state index in [9.17, 15) is 13.2 Å². The zero-order chi connectivity index (χ0) is 20.3. The number of amides is 1. The van der Waals surface area contributed by atoms with E-state index in [4.69, 9.17) is 11.6 Å². The largest absolute Gasteiger partial charge is 0.352 e. The summed E-state index contributed by atoms with van der Waals surface area (Å²) in [6, 6.07) is 12.8. The van der Waals surface area contributed by atoms with Gasteiger partial charge >= 0.3 is 0 Å². The highest BCUT2D eigenvalue weighted by Crippen LogP contribution is 2.26. The Hall–Kier alpha value is -1.89. The molecular weight excluding hydrogens is 396 g/mol. The Morgan fingerprint density at radius 1 is 1.14 bits per heavy atom. The number of carbonyl (C=O) groups excluding carboxylic acids is 1. The molecule has 0 aliphatic carbocycles. The fourth-order valence-corrected chi connectivity index (χ4v) is 5.43. The molecule has 7 heteroatoms. The minimum atomic E-state index is -3.54. The van der Waals surface area contributed by atoms with Crippen molar-refractivity contribution in [2.45, 2.75) is 38.1 Å². The van der Waals surface area contributed by atoms with Crippen molar-refractivity contribution < 1.29 is 13.2 Å². The number of hydrogen-bond donors (Lipinski definition) is 1. The van der Waals surface area contributed by atoms with Crippen LogP contribution in [0.5, 0.6) is 0 Å². The van der Waals surface area contributed by atoms with E-state index < -0.39 is 10.0 Å². The topological polar surface area (TPSA) is 66.5 Å². The van der Waals surface area contributed by atoms with Gasteiger partial charge in [0.2, 0.25) is 15.9 Å². The first-order chi connectivity index (χ1) is 13.3. The van der Waals surface area contributed by atoms with Crippen LogP contribution < -0.4 is 5.32 Å². The Bertz CT molecular complexity index is 967. The van der Waals surface area contributed by atoms with E-state index in [1.165, 1.54) is 4.31 Å². The van der Waals surface area contributed by atoms with Gasteiger partial charge in [0.05, 0.1) is 4.90 Å². The van der Waals surface area contributed by atoms with Crippen LogP contribution in [0.25, 0.3) is 0 Å². The van der Waals surface area contributed by atoms with Crippen LogP contribution in [0.2, 0.25) is 5.02 Å². The van der Waals surface area contributed by atoms with Crippen molar-refractivity contribution in [2.75, 3.05) is 13.1 Å². The van der Waals surface area contributed by atoms with Crippen molar-refractivity contribution in [3.05, 3.63) is 64.2 Å². The Labute approximate surface area is 171 Å². The highest BCUT2D eigenvalue weighted by atomic mass is 35.5. The lowest BCUT2D eigenvalue weighted by Crippen LogP contribution is -2.43. The van der Waals surface area contributed by atoms with Crippen LogP contribution >= 0.6 is 11.6 Å². The van der Waals surface area contributed by atoms with Gasteiger partial charge in [-0.3, -0.25) is 4.79 Å². The molecule has 0 unspecified atom stereocenters. The summed E-state index contributed by atoms with van der Waals surface area (Å²) in [6.45, 7) is 4.82. The molecule has 0 aromatic heterocycles. The number of sulfonamides is 1. The van der Waals surface area contributed by atoms with Gasteiger partial charge in [0, 0.05) is 30.6 Å². The van der Waals surface area contributed by atoms with Crippen molar-refractivity contribution >= 4 is 27.5 Å². The summed E-state index contributed by atoms with van der Waals surface area (Å²) in [5.74, 6) is -0.239. The van der Waals surface area contributed by atoms with Crippen molar-refractivity contribution in [1.29, 1.82) is 0 Å². The third-order valence-corrected chi connectivity index (χ3v) is 7.61. The molecule has 150 valence electrons. The van der Waals surface area contributed by atoms with E-state index >= 15 is 0 Å². The SMILES string of the molecule is Cc1ccc(S(=O)(=O)N2CCC(C(=O)NCc3ccccc3Cl)CC2)c(C)c1. The van der Waals surface area contributed by atoms with Crippen molar-refractivity contribution in [2.24, 2.45) is 5.92 Å². The number of hydrogen-bond acceptors (Lipinski definition) is 3. The van der Waals surface area contributed by atoms with E-state index in [2.05, 4.69) is 5.32 Å². The number of rotatable bonds is 5. The predicted octanol–water partition coefficient (Wildman–Crippen LogP) is 3.67. The van der Waals surface area contributed by atoms with Gasteiger partial charge in [-0.2, -0.15) is 4.31 Å². The first-order valence-electron chi connectivity index (χ1n) is 9.37. The number of piperidine rings is 1. The number of nitrogens with one attached hydrogen (secondary N) is 1. The third kappa shape index (κ3) is 4.57. The molecule has 0 saturated carbocycles. The van der Waals surface area contributed by atoms with Gasteiger partial charge in [0.15, 0.2) is 0 Å². The Morgan fingerprint density at radius 3 is 2.46 bits per heavy atom. The van der Waals surface area contributed by atoms with E-state index in [0.29, 0.717) is 42.4 Å². The average molecular weight is 421 g/mol. The van der Waals surface area contributed by atoms with Crippen LogP contribution in [0.1, 0.15) is 29.5 Å². The maximum absolute atomic E-state index is 13.0. The molecule has 1 aliphatic rings. The molecule has 2 aromatic rings. The van der Waals surface area contributed by atoms with Gasteiger partial charge in [0.25, 0.3) is 0 Å². The fraction of sp³-hybridized carbons (Fsp3) is 0.381. The van der Waals surface area contributed by atoms with E-state index in [0.717, 1.165) is 16.7 Å². The molecule has 0 spiro atoms. The molecule has 0 radical (unpaired) electrons. The average Bonchev–Trinajstić information content (AvgIpc) is 2.67. The smallest absolute Gasteiger partial charge is 0.243 e. The van der Waals surface area contributed by atoms with Gasteiger partial charge in [0.1, 0.15) is 0 Å². The second-order valence-corrected chi connectivity index (χ2v) is 9.57. The number of carbonyl (C=O) groups is 1. The molecule has 1 heterocycles. The van der Waals surface area contributed by atoms with Crippen LogP contribution in [-0.2, 0) is 21.4 Å². The minimum absolute atomic E-state index is 0.0523. The summed E-state index contributed by atoms with van der Waals surface area (Å²) in [6.07, 6.45) is 1.02. The highest BCUT2D eigenvalue weighted by Gasteiger charge is 2.32. The van der Waals surface area contributed by atoms with E-state index in [-0.39, 0.29) is 11.8 Å². The molecule has 5 nitrogen and oxygen atoms in total. The standard InChI is InChI=1S/C21H25ClN2O3S/c1-15-7-8-20(16(2)13-15)28(26,27)24-11-9-17(10-12-24)21(25)23-14-18-5-3-4-6-19(18)22/h3-8,13,17H,9-12,14H2,1-2H3,(H,23,25). The molecule has 3 rings (SSSR count). The molecule has 2 aromatic carbocycles. The lowest BCUT2D eigenvalue weighted by Gasteiger charge is -2.31.